The van der Waals surface area contributed by atoms with Crippen LogP contribution >= 0.6 is 0 Å². The predicted octanol–water partition coefficient (Wildman–Crippen LogP) is 4.80. The monoisotopic (exact) mass is 388 g/mol. The van der Waals surface area contributed by atoms with Crippen molar-refractivity contribution in [1.29, 1.82) is 0 Å². The Hall–Kier alpha value is -3.80. The van der Waals surface area contributed by atoms with Gasteiger partial charge in [0.05, 0.1) is 17.7 Å². The standard InChI is InChI=1S/C23H20N2O4/c1-3-28-23(27)18-13-17-20(22(26)25-18)14(2)24-21(17)16-11-7-8-12-19(16)29-15-9-5-4-6-10-15/h4-13,24H,3H2,1-2H3,(H,25,26). The van der Waals surface area contributed by atoms with Gasteiger partial charge in [-0.3, -0.25) is 4.79 Å². The van der Waals surface area contributed by atoms with Gasteiger partial charge in [-0.2, -0.15) is 0 Å². The highest BCUT2D eigenvalue weighted by Gasteiger charge is 2.19. The van der Waals surface area contributed by atoms with Gasteiger partial charge in [0, 0.05) is 16.6 Å². The Kier molecular flexibility index (Phi) is 4.91. The average Bonchev–Trinajstić information content (AvgIpc) is 3.06. The molecule has 0 fully saturated rings. The molecule has 6 heteroatoms. The molecule has 2 aromatic heterocycles. The predicted molar refractivity (Wildman–Crippen MR) is 112 cm³/mol. The van der Waals surface area contributed by atoms with E-state index in [4.69, 9.17) is 9.47 Å². The summed E-state index contributed by atoms with van der Waals surface area (Å²) in [5, 5.41) is 1.14. The minimum Gasteiger partial charge on any atom is -0.461 e. The molecule has 0 aliphatic heterocycles. The number of hydrogen-bond donors (Lipinski definition) is 2. The first-order chi connectivity index (χ1) is 14.1. The smallest absolute Gasteiger partial charge is 0.354 e. The Morgan fingerprint density at radius 3 is 2.48 bits per heavy atom. The van der Waals surface area contributed by atoms with Crippen molar-refractivity contribution in [1.82, 2.24) is 9.97 Å². The minimum atomic E-state index is -0.565. The molecule has 4 aromatic rings. The Bertz CT molecular complexity index is 1240. The molecule has 0 bridgehead atoms. The molecule has 0 saturated heterocycles. The molecule has 29 heavy (non-hydrogen) atoms. The highest BCUT2D eigenvalue weighted by Crippen LogP contribution is 2.37. The van der Waals surface area contributed by atoms with Gasteiger partial charge in [-0.15, -0.1) is 0 Å². The topological polar surface area (TPSA) is 84.2 Å². The number of aromatic amines is 2. The molecule has 4 rings (SSSR count). The number of hydrogen-bond acceptors (Lipinski definition) is 4. The molecule has 146 valence electrons. The van der Waals surface area contributed by atoms with E-state index in [0.717, 1.165) is 5.56 Å². The molecule has 0 aliphatic rings. The third-order valence-corrected chi connectivity index (χ3v) is 4.61. The van der Waals surface area contributed by atoms with Crippen LogP contribution in [0, 0.1) is 6.92 Å². The molecule has 2 N–H and O–H groups in total. The van der Waals surface area contributed by atoms with Crippen LogP contribution < -0.4 is 10.3 Å². The van der Waals surface area contributed by atoms with Crippen LogP contribution in [0.2, 0.25) is 0 Å². The van der Waals surface area contributed by atoms with Gasteiger partial charge in [0.2, 0.25) is 0 Å². The van der Waals surface area contributed by atoms with Gasteiger partial charge in [0.1, 0.15) is 17.2 Å². The first-order valence-corrected chi connectivity index (χ1v) is 9.33. The van der Waals surface area contributed by atoms with Crippen LogP contribution in [0.3, 0.4) is 0 Å². The summed E-state index contributed by atoms with van der Waals surface area (Å²) in [5.41, 5.74) is 1.98. The van der Waals surface area contributed by atoms with Crippen molar-refractivity contribution in [2.45, 2.75) is 13.8 Å². The highest BCUT2D eigenvalue weighted by atomic mass is 16.5. The first kappa shape index (κ1) is 18.6. The summed E-state index contributed by atoms with van der Waals surface area (Å²) in [6, 6.07) is 18.7. The normalized spacial score (nSPS) is 10.8. The van der Waals surface area contributed by atoms with Crippen molar-refractivity contribution in [3.8, 4) is 22.8 Å². The van der Waals surface area contributed by atoms with Gasteiger partial charge in [-0.25, -0.2) is 4.79 Å². The first-order valence-electron chi connectivity index (χ1n) is 9.33. The molecule has 0 amide bonds. The van der Waals surface area contributed by atoms with Crippen LogP contribution in [0.5, 0.6) is 11.5 Å². The van der Waals surface area contributed by atoms with Gasteiger partial charge in [-0.05, 0) is 44.2 Å². The van der Waals surface area contributed by atoms with E-state index in [1.807, 2.05) is 61.5 Å². The summed E-state index contributed by atoms with van der Waals surface area (Å²) >= 11 is 0. The number of aromatic nitrogens is 2. The lowest BCUT2D eigenvalue weighted by atomic mass is 10.1. The fourth-order valence-corrected chi connectivity index (χ4v) is 3.36. The molecule has 0 radical (unpaired) electrons. The number of carbonyl (C=O) groups is 1. The fraction of sp³-hybridized carbons (Fsp3) is 0.130. The van der Waals surface area contributed by atoms with Gasteiger partial charge in [0.15, 0.2) is 0 Å². The lowest BCUT2D eigenvalue weighted by Crippen LogP contribution is -2.15. The maximum atomic E-state index is 12.6. The van der Waals surface area contributed by atoms with Gasteiger partial charge in [0.25, 0.3) is 5.56 Å². The zero-order valence-corrected chi connectivity index (χ0v) is 16.1. The van der Waals surface area contributed by atoms with Crippen molar-refractivity contribution < 1.29 is 14.3 Å². The molecule has 0 atom stereocenters. The molecule has 2 aromatic carbocycles. The summed E-state index contributed by atoms with van der Waals surface area (Å²) in [6.07, 6.45) is 0. The SMILES string of the molecule is CCOC(=O)c1cc2c(-c3ccccc3Oc3ccccc3)[nH]c(C)c2c(=O)[nH]1. The zero-order chi connectivity index (χ0) is 20.4. The molecule has 0 aliphatic carbocycles. The number of H-pyrrole nitrogens is 2. The number of benzene rings is 2. The lowest BCUT2D eigenvalue weighted by Gasteiger charge is -2.11. The van der Waals surface area contributed by atoms with Crippen LogP contribution in [0.1, 0.15) is 23.1 Å². The number of para-hydroxylation sites is 2. The second kappa shape index (κ2) is 7.67. The third-order valence-electron chi connectivity index (χ3n) is 4.61. The number of rotatable bonds is 5. The van der Waals surface area contributed by atoms with E-state index in [0.29, 0.717) is 33.7 Å². The molecular formula is C23H20N2O4. The van der Waals surface area contributed by atoms with Gasteiger partial charge >= 0.3 is 5.97 Å². The third kappa shape index (κ3) is 3.52. The summed E-state index contributed by atoms with van der Waals surface area (Å²) in [5.74, 6) is 0.780. The number of nitrogens with one attached hydrogen (secondary N) is 2. The quantitative estimate of drug-likeness (QED) is 0.481. The summed E-state index contributed by atoms with van der Waals surface area (Å²) in [6.45, 7) is 3.77. The second-order valence-electron chi connectivity index (χ2n) is 6.56. The van der Waals surface area contributed by atoms with Crippen molar-refractivity contribution in [2.24, 2.45) is 0 Å². The maximum absolute atomic E-state index is 12.6. The Balaban J connectivity index is 1.89. The Labute approximate surface area is 167 Å². The van der Waals surface area contributed by atoms with E-state index in [9.17, 15) is 9.59 Å². The van der Waals surface area contributed by atoms with E-state index >= 15 is 0 Å². The molecule has 0 unspecified atom stereocenters. The second-order valence-corrected chi connectivity index (χ2v) is 6.56. The summed E-state index contributed by atoms with van der Waals surface area (Å²) < 4.78 is 11.1. The number of aryl methyl sites for hydroxylation is 1. The van der Waals surface area contributed by atoms with Crippen LogP contribution in [0.15, 0.2) is 65.5 Å². The van der Waals surface area contributed by atoms with Crippen molar-refractivity contribution in [2.75, 3.05) is 6.61 Å². The van der Waals surface area contributed by atoms with Crippen LogP contribution in [0.4, 0.5) is 0 Å². The van der Waals surface area contributed by atoms with E-state index in [1.165, 1.54) is 0 Å². The molecule has 6 nitrogen and oxygen atoms in total. The molecule has 0 saturated carbocycles. The minimum absolute atomic E-state index is 0.117. The molecular weight excluding hydrogens is 368 g/mol. The number of pyridine rings is 1. The van der Waals surface area contributed by atoms with Crippen molar-refractivity contribution in [3.05, 3.63) is 82.4 Å². The van der Waals surface area contributed by atoms with E-state index in [1.54, 1.807) is 13.0 Å². The number of esters is 1. The number of fused-ring (bicyclic) bond motifs is 1. The van der Waals surface area contributed by atoms with Crippen LogP contribution in [-0.2, 0) is 4.74 Å². The van der Waals surface area contributed by atoms with E-state index in [2.05, 4.69) is 9.97 Å². The van der Waals surface area contributed by atoms with E-state index < -0.39 is 5.97 Å². The maximum Gasteiger partial charge on any atom is 0.354 e. The highest BCUT2D eigenvalue weighted by molar-refractivity contribution is 6.01. The Morgan fingerprint density at radius 1 is 1.00 bits per heavy atom. The van der Waals surface area contributed by atoms with Gasteiger partial charge in [-0.1, -0.05) is 30.3 Å². The van der Waals surface area contributed by atoms with Crippen LogP contribution in [0.25, 0.3) is 22.0 Å². The fourth-order valence-electron chi connectivity index (χ4n) is 3.36. The van der Waals surface area contributed by atoms with Crippen molar-refractivity contribution in [3.63, 3.8) is 0 Å². The zero-order valence-electron chi connectivity index (χ0n) is 16.1. The van der Waals surface area contributed by atoms with Gasteiger partial charge < -0.3 is 19.4 Å². The average molecular weight is 388 g/mol. The number of carbonyl (C=O) groups excluding carboxylic acids is 1. The molecule has 0 spiro atoms. The summed E-state index contributed by atoms with van der Waals surface area (Å²) in [7, 11) is 0. The molecule has 2 heterocycles. The Morgan fingerprint density at radius 2 is 1.72 bits per heavy atom. The summed E-state index contributed by atoms with van der Waals surface area (Å²) in [4.78, 5) is 30.7. The van der Waals surface area contributed by atoms with E-state index in [-0.39, 0.29) is 17.9 Å². The van der Waals surface area contributed by atoms with Crippen molar-refractivity contribution >= 4 is 16.7 Å². The largest absolute Gasteiger partial charge is 0.461 e. The lowest BCUT2D eigenvalue weighted by molar-refractivity contribution is 0.0519. The number of ether oxygens (including phenoxy) is 2. The van der Waals surface area contributed by atoms with Crippen LogP contribution in [-0.4, -0.2) is 22.5 Å².